The lowest BCUT2D eigenvalue weighted by molar-refractivity contribution is -0.0550. The lowest BCUT2D eigenvalue weighted by atomic mass is 10.1. The summed E-state index contributed by atoms with van der Waals surface area (Å²) in [6.45, 7) is -0.581. The minimum absolute atomic E-state index is 0.439. The van der Waals surface area contributed by atoms with Gasteiger partial charge in [-0.1, -0.05) is 30.3 Å². The molecule has 4 N–H and O–H groups in total. The molecule has 1 aliphatic heterocycles. The number of nitrogens with zero attached hydrogens (tertiary/aromatic N) is 1. The highest BCUT2D eigenvalue weighted by molar-refractivity contribution is 5.75. The number of H-pyrrole nitrogens is 1. The lowest BCUT2D eigenvalue weighted by Gasteiger charge is -2.17. The fourth-order valence-corrected chi connectivity index (χ4v) is 2.73. The first-order chi connectivity index (χ1) is 12.4. The molecule has 0 amide bonds. The fraction of sp³-hybridized carbons (Fsp3) is 0.294. The number of ether oxygens (including phenoxy) is 1. The van der Waals surface area contributed by atoms with E-state index >= 15 is 0 Å². The van der Waals surface area contributed by atoms with E-state index in [4.69, 9.17) is 9.84 Å². The van der Waals surface area contributed by atoms with Crippen LogP contribution in [0.5, 0.6) is 0 Å². The summed E-state index contributed by atoms with van der Waals surface area (Å²) in [7, 11) is 0. The first-order valence-electron chi connectivity index (χ1n) is 7.83. The van der Waals surface area contributed by atoms with Crippen molar-refractivity contribution in [1.29, 1.82) is 0 Å². The van der Waals surface area contributed by atoms with Gasteiger partial charge in [0.15, 0.2) is 6.23 Å². The van der Waals surface area contributed by atoms with Crippen molar-refractivity contribution in [3.05, 3.63) is 68.5 Å². The highest BCUT2D eigenvalue weighted by Crippen LogP contribution is 2.28. The number of benzene rings is 1. The largest absolute Gasteiger partial charge is 0.394 e. The molecular weight excluding hydrogens is 347 g/mol. The number of nitrogens with one attached hydrogen (secondary N) is 1. The van der Waals surface area contributed by atoms with E-state index in [1.165, 1.54) is 0 Å². The monoisotopic (exact) mass is 364 g/mol. The molecule has 1 aromatic heterocycles. The van der Waals surface area contributed by atoms with Crippen molar-refractivity contribution < 1.29 is 24.4 Å². The summed E-state index contributed by atoms with van der Waals surface area (Å²) in [4.78, 5) is 26.0. The van der Waals surface area contributed by atoms with Gasteiger partial charge in [0, 0.05) is 6.20 Å². The zero-order valence-electron chi connectivity index (χ0n) is 13.4. The summed E-state index contributed by atoms with van der Waals surface area (Å²) in [6.07, 6.45) is -3.42. The quantitative estimate of drug-likeness (QED) is 0.586. The van der Waals surface area contributed by atoms with Crippen LogP contribution < -0.4 is 11.2 Å². The summed E-state index contributed by atoms with van der Waals surface area (Å²) in [5.41, 5.74) is -1.81. The minimum atomic E-state index is -1.54. The van der Waals surface area contributed by atoms with Crippen molar-refractivity contribution in [3.8, 4) is 0 Å². The third-order valence-electron chi connectivity index (χ3n) is 4.11. The molecule has 0 aliphatic carbocycles. The van der Waals surface area contributed by atoms with E-state index in [0.717, 1.165) is 16.8 Å². The van der Waals surface area contributed by atoms with E-state index in [-0.39, 0.29) is 0 Å². The highest BCUT2D eigenvalue weighted by atomic mass is 19.1. The Bertz CT molecular complexity index is 923. The molecule has 3 rings (SSSR count). The highest BCUT2D eigenvalue weighted by Gasteiger charge is 2.43. The van der Waals surface area contributed by atoms with Crippen molar-refractivity contribution in [2.75, 3.05) is 6.61 Å². The Morgan fingerprint density at radius 2 is 1.92 bits per heavy atom. The molecular formula is C17H17FN2O6. The number of hydrogen-bond donors (Lipinski definition) is 4. The van der Waals surface area contributed by atoms with Gasteiger partial charge in [0.25, 0.3) is 5.56 Å². The molecule has 9 heteroatoms. The minimum Gasteiger partial charge on any atom is -0.394 e. The second-order valence-electron chi connectivity index (χ2n) is 5.84. The first-order valence-corrected chi connectivity index (χ1v) is 7.83. The number of rotatable bonds is 4. The number of hydrogen-bond acceptors (Lipinski definition) is 6. The van der Waals surface area contributed by atoms with Gasteiger partial charge in [-0.05, 0) is 11.6 Å². The summed E-state index contributed by atoms with van der Waals surface area (Å²) in [5, 5.41) is 29.0. The molecule has 1 fully saturated rings. The number of aliphatic hydroxyl groups excluding tert-OH is 3. The van der Waals surface area contributed by atoms with E-state index in [9.17, 15) is 24.2 Å². The summed E-state index contributed by atoms with van der Waals surface area (Å²) < 4.78 is 20.6. The normalized spacial score (nSPS) is 26.2. The predicted octanol–water partition coefficient (Wildman–Crippen LogP) is -0.384. The van der Waals surface area contributed by atoms with Gasteiger partial charge in [-0.2, -0.15) is 0 Å². The molecule has 1 saturated heterocycles. The Morgan fingerprint density at radius 1 is 1.23 bits per heavy atom. The van der Waals surface area contributed by atoms with Crippen LogP contribution in [0.3, 0.4) is 0 Å². The maximum Gasteiger partial charge on any atom is 0.330 e. The van der Waals surface area contributed by atoms with Gasteiger partial charge in [0.2, 0.25) is 0 Å². The standard InChI is InChI=1S/C17H17FN2O6/c18-11(6-9-4-2-1-3-5-9)10-7-20(17(25)19-15(10)24)16-14(23)13(22)12(8-21)26-16/h1-7,12-14,16,21-23H,8H2,(H,19,24,25)/b11-6+/t12-,13?,14?,16-/m1/s1. The predicted molar refractivity (Wildman–Crippen MR) is 89.8 cm³/mol. The number of aromatic amines is 1. The number of aromatic nitrogens is 2. The van der Waals surface area contributed by atoms with Crippen LogP contribution in [0.2, 0.25) is 0 Å². The van der Waals surface area contributed by atoms with Crippen molar-refractivity contribution in [3.63, 3.8) is 0 Å². The summed E-state index contributed by atoms with van der Waals surface area (Å²) >= 11 is 0. The third kappa shape index (κ3) is 3.37. The van der Waals surface area contributed by atoms with Crippen molar-refractivity contribution >= 4 is 11.9 Å². The molecule has 2 unspecified atom stereocenters. The van der Waals surface area contributed by atoms with Crippen LogP contribution in [0.15, 0.2) is 46.1 Å². The Kier molecular flexibility index (Phi) is 5.14. The van der Waals surface area contributed by atoms with Gasteiger partial charge in [-0.3, -0.25) is 14.3 Å². The SMILES string of the molecule is O=c1[nH]c(=O)n([C@@H]2O[C@H](CO)C(O)C2O)cc1/C(F)=C\c1ccccc1. The van der Waals surface area contributed by atoms with Gasteiger partial charge in [0.1, 0.15) is 24.1 Å². The van der Waals surface area contributed by atoms with Crippen LogP contribution in [0.25, 0.3) is 11.9 Å². The molecule has 1 aliphatic rings. The van der Waals surface area contributed by atoms with E-state index < -0.39 is 53.8 Å². The maximum atomic E-state index is 14.5. The van der Waals surface area contributed by atoms with Gasteiger partial charge in [-0.15, -0.1) is 0 Å². The van der Waals surface area contributed by atoms with E-state index in [2.05, 4.69) is 0 Å². The first kappa shape index (κ1) is 18.2. The Balaban J connectivity index is 2.02. The Hall–Kier alpha value is -2.59. The van der Waals surface area contributed by atoms with Crippen molar-refractivity contribution in [1.82, 2.24) is 9.55 Å². The van der Waals surface area contributed by atoms with Crippen LogP contribution in [0, 0.1) is 0 Å². The van der Waals surface area contributed by atoms with Crippen LogP contribution >= 0.6 is 0 Å². The molecule has 8 nitrogen and oxygen atoms in total. The third-order valence-corrected chi connectivity index (χ3v) is 4.11. The average molecular weight is 364 g/mol. The molecule has 0 bridgehead atoms. The van der Waals surface area contributed by atoms with Crippen LogP contribution in [-0.4, -0.2) is 49.8 Å². The van der Waals surface area contributed by atoms with Crippen LogP contribution in [-0.2, 0) is 4.74 Å². The summed E-state index contributed by atoms with van der Waals surface area (Å²) in [5.74, 6) is -0.891. The molecule has 1 aromatic carbocycles. The van der Waals surface area contributed by atoms with E-state index in [0.29, 0.717) is 5.56 Å². The molecule has 2 heterocycles. The second-order valence-corrected chi connectivity index (χ2v) is 5.84. The van der Waals surface area contributed by atoms with Crippen LogP contribution in [0.1, 0.15) is 17.4 Å². The van der Waals surface area contributed by atoms with Crippen molar-refractivity contribution in [2.24, 2.45) is 0 Å². The molecule has 138 valence electrons. The zero-order chi connectivity index (χ0) is 18.8. The number of halogens is 1. The fourth-order valence-electron chi connectivity index (χ4n) is 2.73. The summed E-state index contributed by atoms with van der Waals surface area (Å²) in [6, 6.07) is 8.42. The van der Waals surface area contributed by atoms with Crippen molar-refractivity contribution in [2.45, 2.75) is 24.5 Å². The van der Waals surface area contributed by atoms with Gasteiger partial charge < -0.3 is 20.1 Å². The van der Waals surface area contributed by atoms with E-state index in [1.54, 1.807) is 30.3 Å². The van der Waals surface area contributed by atoms with Gasteiger partial charge in [0.05, 0.1) is 12.2 Å². The zero-order valence-corrected chi connectivity index (χ0v) is 13.4. The maximum absolute atomic E-state index is 14.5. The Morgan fingerprint density at radius 3 is 2.54 bits per heavy atom. The Labute approximate surface area is 146 Å². The average Bonchev–Trinajstić information content (AvgIpc) is 2.91. The number of aliphatic hydroxyl groups is 3. The topological polar surface area (TPSA) is 125 Å². The van der Waals surface area contributed by atoms with Gasteiger partial charge >= 0.3 is 5.69 Å². The smallest absolute Gasteiger partial charge is 0.330 e. The van der Waals surface area contributed by atoms with Gasteiger partial charge in [-0.25, -0.2) is 9.18 Å². The molecule has 0 saturated carbocycles. The lowest BCUT2D eigenvalue weighted by Crippen LogP contribution is -2.38. The molecule has 0 spiro atoms. The molecule has 26 heavy (non-hydrogen) atoms. The molecule has 0 radical (unpaired) electrons. The molecule has 4 atom stereocenters. The van der Waals surface area contributed by atoms with Crippen LogP contribution in [0.4, 0.5) is 4.39 Å². The van der Waals surface area contributed by atoms with E-state index in [1.807, 2.05) is 4.98 Å². The molecule has 2 aromatic rings. The second kappa shape index (κ2) is 7.34.